The molecular formula is C22H28N2O4S. The highest BCUT2D eigenvalue weighted by atomic mass is 32.2. The fourth-order valence-corrected chi connectivity index (χ4v) is 5.24. The maximum Gasteiger partial charge on any atom is 0.335 e. The maximum absolute atomic E-state index is 13.2. The highest BCUT2D eigenvalue weighted by Gasteiger charge is 2.25. The number of aromatic carboxylic acids is 1. The lowest BCUT2D eigenvalue weighted by atomic mass is 10.1. The Balaban J connectivity index is 1.91. The molecule has 1 saturated carbocycles. The van der Waals surface area contributed by atoms with E-state index in [1.807, 2.05) is 37.3 Å². The summed E-state index contributed by atoms with van der Waals surface area (Å²) in [5, 5.41) is 12.6. The molecule has 0 spiro atoms. The summed E-state index contributed by atoms with van der Waals surface area (Å²) in [6, 6.07) is 13.6. The van der Waals surface area contributed by atoms with Gasteiger partial charge in [-0.1, -0.05) is 56.0 Å². The topological polar surface area (TPSA) is 95.5 Å². The second kappa shape index (κ2) is 9.41. The summed E-state index contributed by atoms with van der Waals surface area (Å²) in [5.41, 5.74) is 1.35. The molecule has 1 aliphatic carbocycles. The van der Waals surface area contributed by atoms with E-state index in [0.717, 1.165) is 44.1 Å². The fourth-order valence-electron chi connectivity index (χ4n) is 3.74. The third-order valence-corrected chi connectivity index (χ3v) is 6.93. The van der Waals surface area contributed by atoms with E-state index in [9.17, 15) is 18.3 Å². The Morgan fingerprint density at radius 1 is 1.03 bits per heavy atom. The van der Waals surface area contributed by atoms with Crippen LogP contribution in [0.15, 0.2) is 53.4 Å². The summed E-state index contributed by atoms with van der Waals surface area (Å²) in [7, 11) is -3.87. The van der Waals surface area contributed by atoms with Gasteiger partial charge in [0, 0.05) is 12.1 Å². The van der Waals surface area contributed by atoms with Crippen LogP contribution in [0, 0.1) is 0 Å². The van der Waals surface area contributed by atoms with E-state index in [-0.39, 0.29) is 22.5 Å². The molecule has 0 aromatic heterocycles. The van der Waals surface area contributed by atoms with Crippen LogP contribution in [0.3, 0.4) is 0 Å². The van der Waals surface area contributed by atoms with Crippen molar-refractivity contribution < 1.29 is 18.3 Å². The molecule has 0 bridgehead atoms. The highest BCUT2D eigenvalue weighted by molar-refractivity contribution is 7.89. The summed E-state index contributed by atoms with van der Waals surface area (Å²) >= 11 is 0. The number of sulfonamides is 1. The van der Waals surface area contributed by atoms with Crippen LogP contribution in [0.2, 0.25) is 0 Å². The highest BCUT2D eigenvalue weighted by Crippen LogP contribution is 2.28. The molecule has 6 nitrogen and oxygen atoms in total. The third kappa shape index (κ3) is 5.58. The number of benzene rings is 2. The number of nitrogens with one attached hydrogen (secondary N) is 2. The number of carboxylic acid groups (broad SMARTS) is 1. The number of anilines is 1. The van der Waals surface area contributed by atoms with Gasteiger partial charge in [-0.25, -0.2) is 17.9 Å². The van der Waals surface area contributed by atoms with E-state index in [2.05, 4.69) is 10.0 Å². The van der Waals surface area contributed by atoms with Gasteiger partial charge < -0.3 is 10.4 Å². The van der Waals surface area contributed by atoms with E-state index >= 15 is 0 Å². The predicted octanol–water partition coefficient (Wildman–Crippen LogP) is 4.56. The van der Waals surface area contributed by atoms with Crippen LogP contribution in [0.5, 0.6) is 0 Å². The Morgan fingerprint density at radius 2 is 1.69 bits per heavy atom. The van der Waals surface area contributed by atoms with Gasteiger partial charge in [0.05, 0.1) is 11.3 Å². The zero-order valence-electron chi connectivity index (χ0n) is 16.6. The molecule has 0 amide bonds. The van der Waals surface area contributed by atoms with Crippen LogP contribution in [0.25, 0.3) is 0 Å². The maximum atomic E-state index is 13.2. The third-order valence-electron chi connectivity index (χ3n) is 5.37. The van der Waals surface area contributed by atoms with E-state index in [0.29, 0.717) is 5.69 Å². The van der Waals surface area contributed by atoms with Crippen molar-refractivity contribution >= 4 is 21.7 Å². The zero-order chi connectivity index (χ0) is 20.9. The molecule has 1 fully saturated rings. The SMILES string of the molecule is C[C@H](Nc1ccc(C(=O)O)cc1S(=O)(=O)NC1CCCCCC1)c1ccccc1. The molecule has 0 radical (unpaired) electrons. The molecule has 2 aromatic rings. The van der Waals surface area contributed by atoms with Gasteiger partial charge in [0.1, 0.15) is 4.90 Å². The second-order valence-corrected chi connectivity index (χ2v) is 9.28. The Morgan fingerprint density at radius 3 is 2.31 bits per heavy atom. The number of carboxylic acids is 1. The molecule has 0 saturated heterocycles. The average molecular weight is 417 g/mol. The van der Waals surface area contributed by atoms with E-state index in [4.69, 9.17) is 0 Å². The van der Waals surface area contributed by atoms with Crippen LogP contribution >= 0.6 is 0 Å². The monoisotopic (exact) mass is 416 g/mol. The lowest BCUT2D eigenvalue weighted by Gasteiger charge is -2.21. The van der Waals surface area contributed by atoms with Crippen molar-refractivity contribution in [2.75, 3.05) is 5.32 Å². The molecule has 3 N–H and O–H groups in total. The molecule has 0 aliphatic heterocycles. The first-order valence-electron chi connectivity index (χ1n) is 10.1. The van der Waals surface area contributed by atoms with Crippen LogP contribution in [0.1, 0.15) is 67.4 Å². The molecule has 29 heavy (non-hydrogen) atoms. The van der Waals surface area contributed by atoms with Gasteiger partial charge in [0.2, 0.25) is 10.0 Å². The standard InChI is InChI=1S/C22H28N2O4S/c1-16(17-9-5-4-6-10-17)23-20-14-13-18(22(25)26)15-21(20)29(27,28)24-19-11-7-2-3-8-12-19/h4-6,9-10,13-16,19,23-24H,2-3,7-8,11-12H2,1H3,(H,25,26)/t16-/m0/s1. The number of carbonyl (C=O) groups is 1. The molecule has 1 atom stereocenters. The first-order chi connectivity index (χ1) is 13.9. The minimum absolute atomic E-state index is 0.0237. The number of hydrogen-bond donors (Lipinski definition) is 3. The van der Waals surface area contributed by atoms with Crippen molar-refractivity contribution in [1.29, 1.82) is 0 Å². The summed E-state index contributed by atoms with van der Waals surface area (Å²) in [5.74, 6) is -1.15. The largest absolute Gasteiger partial charge is 0.478 e. The van der Waals surface area contributed by atoms with Crippen molar-refractivity contribution in [3.05, 3.63) is 59.7 Å². The summed E-state index contributed by atoms with van der Waals surface area (Å²) in [6.45, 7) is 1.94. The molecular weight excluding hydrogens is 388 g/mol. The molecule has 0 heterocycles. The van der Waals surface area contributed by atoms with Gasteiger partial charge in [-0.05, 0) is 43.5 Å². The van der Waals surface area contributed by atoms with Crippen LogP contribution in [0.4, 0.5) is 5.69 Å². The lowest BCUT2D eigenvalue weighted by Crippen LogP contribution is -2.35. The summed E-state index contributed by atoms with van der Waals surface area (Å²) < 4.78 is 29.2. The van der Waals surface area contributed by atoms with Crippen LogP contribution < -0.4 is 10.0 Å². The predicted molar refractivity (Wildman–Crippen MR) is 114 cm³/mol. The Kier molecular flexibility index (Phi) is 6.92. The Hall–Kier alpha value is -2.38. The smallest absolute Gasteiger partial charge is 0.335 e. The first-order valence-corrected chi connectivity index (χ1v) is 11.6. The first kappa shape index (κ1) is 21.3. The van der Waals surface area contributed by atoms with Crippen molar-refractivity contribution in [3.63, 3.8) is 0 Å². The van der Waals surface area contributed by atoms with Gasteiger partial charge >= 0.3 is 5.97 Å². The van der Waals surface area contributed by atoms with E-state index in [1.54, 1.807) is 0 Å². The van der Waals surface area contributed by atoms with Crippen LogP contribution in [-0.4, -0.2) is 25.5 Å². The van der Waals surface area contributed by atoms with E-state index in [1.165, 1.54) is 18.2 Å². The molecule has 2 aromatic carbocycles. The second-order valence-electron chi connectivity index (χ2n) is 7.60. The van der Waals surface area contributed by atoms with Crippen molar-refractivity contribution in [3.8, 4) is 0 Å². The molecule has 156 valence electrons. The molecule has 7 heteroatoms. The van der Waals surface area contributed by atoms with Gasteiger partial charge in [0.15, 0.2) is 0 Å². The Bertz CT molecular complexity index is 937. The van der Waals surface area contributed by atoms with Gasteiger partial charge in [0.25, 0.3) is 0 Å². The Labute approximate surface area is 172 Å². The number of hydrogen-bond acceptors (Lipinski definition) is 4. The summed E-state index contributed by atoms with van der Waals surface area (Å²) in [4.78, 5) is 11.4. The van der Waals surface area contributed by atoms with Gasteiger partial charge in [-0.3, -0.25) is 0 Å². The average Bonchev–Trinajstić information content (AvgIpc) is 2.96. The minimum Gasteiger partial charge on any atom is -0.478 e. The summed E-state index contributed by atoms with van der Waals surface area (Å²) in [6.07, 6.45) is 5.85. The normalized spacial score (nSPS) is 16.7. The van der Waals surface area contributed by atoms with Crippen molar-refractivity contribution in [1.82, 2.24) is 4.72 Å². The quantitative estimate of drug-likeness (QED) is 0.575. The minimum atomic E-state index is -3.87. The zero-order valence-corrected chi connectivity index (χ0v) is 17.4. The fraction of sp³-hybridized carbons (Fsp3) is 0.409. The van der Waals surface area contributed by atoms with Gasteiger partial charge in [-0.15, -0.1) is 0 Å². The van der Waals surface area contributed by atoms with Crippen molar-refractivity contribution in [2.24, 2.45) is 0 Å². The van der Waals surface area contributed by atoms with Crippen molar-refractivity contribution in [2.45, 2.75) is 62.4 Å². The number of rotatable bonds is 7. The van der Waals surface area contributed by atoms with Gasteiger partial charge in [-0.2, -0.15) is 0 Å². The molecule has 3 rings (SSSR count). The van der Waals surface area contributed by atoms with E-state index < -0.39 is 16.0 Å². The van der Waals surface area contributed by atoms with Crippen LogP contribution in [-0.2, 0) is 10.0 Å². The molecule has 1 aliphatic rings. The lowest BCUT2D eigenvalue weighted by molar-refractivity contribution is 0.0696. The molecule has 0 unspecified atom stereocenters.